The average Bonchev–Trinajstić information content (AvgIpc) is 1.52. The summed E-state index contributed by atoms with van der Waals surface area (Å²) in [4.78, 5) is 4.27. The third kappa shape index (κ3) is 10.6. The van der Waals surface area contributed by atoms with Crippen LogP contribution in [0.5, 0.6) is 23.0 Å². The lowest BCUT2D eigenvalue weighted by atomic mass is 9.67. The second-order valence-electron chi connectivity index (χ2n) is 24.6. The summed E-state index contributed by atoms with van der Waals surface area (Å²) in [5.74, 6) is 1.33. The molecule has 14 aromatic carbocycles. The Hall–Kier alpha value is -12.5. The molecule has 0 spiro atoms. The number of rotatable bonds is 17. The number of hydrogen-bond donors (Lipinski definition) is 0. The summed E-state index contributed by atoms with van der Waals surface area (Å²) in [6.07, 6.45) is 3.59. The van der Waals surface area contributed by atoms with Gasteiger partial charge in [-0.1, -0.05) is 183 Å². The monoisotopic (exact) mass is 1280 g/mol. The van der Waals surface area contributed by atoms with Crippen LogP contribution >= 0.6 is 0 Å². The van der Waals surface area contributed by atoms with E-state index in [1.54, 1.807) is 36.4 Å². The number of ether oxygens (including phenoxy) is 2. The predicted octanol–water partition coefficient (Wildman–Crippen LogP) is 24.4. The highest BCUT2D eigenvalue weighted by Crippen LogP contribution is 2.60. The zero-order chi connectivity index (χ0) is 66.5. The van der Waals surface area contributed by atoms with Gasteiger partial charge in [-0.2, -0.15) is 0 Å². The first kappa shape index (κ1) is 60.4. The van der Waals surface area contributed by atoms with Crippen LogP contribution in [0.15, 0.2) is 341 Å². The summed E-state index contributed by atoms with van der Waals surface area (Å²) in [5.41, 5.74) is 18.9. The Balaban J connectivity index is 0.763. The first-order chi connectivity index (χ1) is 48.0. The first-order valence-electron chi connectivity index (χ1n) is 32.4. The van der Waals surface area contributed by atoms with Gasteiger partial charge in [0.1, 0.15) is 46.3 Å². The standard InChI is InChI=1S/C90H60F4N2O2/c1-3-59-13-47-77(48-14-59)97-79-51-25-65(26-52-79)89(63-21-29-67(91)30-22-63)85-11-7-5-9-81(85)83-55-45-75(57-87(83)89)95(73-41-33-69(93)34-42-73)71-37-17-61(18-38-71)62-19-39-72(40-20-62)96(74-43-35-70(94)36-44-74)76-46-56-84-82-10-6-8-12-86(82)90(88(84)58-76,64-23-31-68(92)32-24-64)66-27-53-80(54-28-66)98-78-49-15-60(4-2)16-50-78/h3-58H,1-2H2. The van der Waals surface area contributed by atoms with Crippen molar-refractivity contribution in [3.8, 4) is 56.4 Å². The maximum atomic E-state index is 15.1. The maximum Gasteiger partial charge on any atom is 0.127 e. The van der Waals surface area contributed by atoms with E-state index >= 15 is 8.78 Å². The van der Waals surface area contributed by atoms with Crippen LogP contribution in [0, 0.1) is 23.3 Å². The van der Waals surface area contributed by atoms with Crippen molar-refractivity contribution >= 4 is 46.3 Å². The molecule has 0 amide bonds. The van der Waals surface area contributed by atoms with E-state index in [0.29, 0.717) is 23.0 Å². The van der Waals surface area contributed by atoms with Crippen LogP contribution in [0.4, 0.5) is 51.7 Å². The number of benzene rings is 14. The van der Waals surface area contributed by atoms with E-state index in [0.717, 1.165) is 123 Å². The van der Waals surface area contributed by atoms with E-state index in [1.807, 2.05) is 109 Å². The molecular weight excluding hydrogens is 1220 g/mol. The third-order valence-corrected chi connectivity index (χ3v) is 19.2. The molecule has 0 radical (unpaired) electrons. The molecule has 98 heavy (non-hydrogen) atoms. The van der Waals surface area contributed by atoms with Gasteiger partial charge in [-0.25, -0.2) is 17.6 Å². The van der Waals surface area contributed by atoms with Gasteiger partial charge in [0, 0.05) is 34.1 Å². The summed E-state index contributed by atoms with van der Waals surface area (Å²) in [5, 5.41) is 0. The van der Waals surface area contributed by atoms with E-state index in [1.165, 1.54) is 48.5 Å². The minimum atomic E-state index is -0.902. The SMILES string of the molecule is C=Cc1ccc(Oc2ccc(C3(c4ccc(F)cc4)c4ccccc4-c4ccc(N(c5ccc(F)cc5)c5ccc(-c6ccc(N(c7ccc(F)cc7)c7ccc8c(c7)C(c7ccc(F)cc7)(c7ccc(Oc9ccc(C=C)cc9)cc7)c7ccccc7-8)cc6)cc5)cc43)cc2)cc1. The quantitative estimate of drug-likeness (QED) is 0.0849. The highest BCUT2D eigenvalue weighted by Gasteiger charge is 2.48. The van der Waals surface area contributed by atoms with Crippen molar-refractivity contribution in [1.29, 1.82) is 0 Å². The molecule has 2 aliphatic carbocycles. The van der Waals surface area contributed by atoms with E-state index in [2.05, 4.69) is 169 Å². The Morgan fingerprint density at radius 2 is 0.510 bits per heavy atom. The van der Waals surface area contributed by atoms with Crippen LogP contribution in [0.25, 0.3) is 45.5 Å². The fourth-order valence-corrected chi connectivity index (χ4v) is 14.6. The molecule has 2 atom stereocenters. The minimum Gasteiger partial charge on any atom is -0.457 e. The summed E-state index contributed by atoms with van der Waals surface area (Å²) in [7, 11) is 0. The van der Waals surface area contributed by atoms with Crippen molar-refractivity contribution in [1.82, 2.24) is 0 Å². The first-order valence-corrected chi connectivity index (χ1v) is 32.4. The second kappa shape index (κ2) is 25.0. The smallest absolute Gasteiger partial charge is 0.127 e. The van der Waals surface area contributed by atoms with Gasteiger partial charge in [-0.15, -0.1) is 0 Å². The molecule has 4 nitrogen and oxygen atoms in total. The van der Waals surface area contributed by atoms with Gasteiger partial charge < -0.3 is 19.3 Å². The third-order valence-electron chi connectivity index (χ3n) is 19.2. The fraction of sp³-hybridized carbons (Fsp3) is 0.0222. The molecule has 0 aliphatic heterocycles. The molecule has 8 heteroatoms. The van der Waals surface area contributed by atoms with E-state index in [9.17, 15) is 8.78 Å². The van der Waals surface area contributed by atoms with Gasteiger partial charge in [0.2, 0.25) is 0 Å². The van der Waals surface area contributed by atoms with Crippen molar-refractivity contribution < 1.29 is 27.0 Å². The normalized spacial score (nSPS) is 14.7. The summed E-state index contributed by atoms with van der Waals surface area (Å²) in [6, 6.07) is 105. The Labute approximate surface area is 566 Å². The average molecular weight is 1280 g/mol. The van der Waals surface area contributed by atoms with E-state index in [4.69, 9.17) is 9.47 Å². The number of halogens is 4. The number of anilines is 6. The van der Waals surface area contributed by atoms with Crippen LogP contribution < -0.4 is 19.3 Å². The van der Waals surface area contributed by atoms with Crippen molar-refractivity contribution in [2.75, 3.05) is 9.80 Å². The summed E-state index contributed by atoms with van der Waals surface area (Å²) in [6.45, 7) is 7.77. The number of nitrogens with zero attached hydrogens (tertiary/aromatic N) is 2. The minimum absolute atomic E-state index is 0.337. The Morgan fingerprint density at radius 3 is 0.827 bits per heavy atom. The van der Waals surface area contributed by atoms with Crippen molar-refractivity contribution in [3.05, 3.63) is 420 Å². The summed E-state index contributed by atoms with van der Waals surface area (Å²) >= 11 is 0. The van der Waals surface area contributed by atoms with Crippen molar-refractivity contribution in [3.63, 3.8) is 0 Å². The van der Waals surface area contributed by atoms with Gasteiger partial charge in [-0.3, -0.25) is 0 Å². The molecule has 470 valence electrons. The lowest BCUT2D eigenvalue weighted by molar-refractivity contribution is 0.482. The topological polar surface area (TPSA) is 24.9 Å². The largest absolute Gasteiger partial charge is 0.457 e. The lowest BCUT2D eigenvalue weighted by Crippen LogP contribution is -2.28. The molecule has 0 bridgehead atoms. The van der Waals surface area contributed by atoms with E-state index < -0.39 is 10.8 Å². The molecule has 2 aliphatic rings. The van der Waals surface area contributed by atoms with Crippen LogP contribution in [0.2, 0.25) is 0 Å². The van der Waals surface area contributed by atoms with Crippen LogP contribution in [-0.4, -0.2) is 0 Å². The van der Waals surface area contributed by atoms with Gasteiger partial charge >= 0.3 is 0 Å². The molecule has 0 fully saturated rings. The molecule has 0 saturated carbocycles. The number of hydrogen-bond acceptors (Lipinski definition) is 4. The Morgan fingerprint density at radius 1 is 0.255 bits per heavy atom. The second-order valence-corrected chi connectivity index (χ2v) is 24.6. The predicted molar refractivity (Wildman–Crippen MR) is 389 cm³/mol. The summed E-state index contributed by atoms with van der Waals surface area (Å²) < 4.78 is 72.8. The van der Waals surface area contributed by atoms with Crippen LogP contribution in [0.1, 0.15) is 55.6 Å². The van der Waals surface area contributed by atoms with Gasteiger partial charge in [-0.05, 0) is 259 Å². The molecule has 0 heterocycles. The molecule has 0 saturated heterocycles. The lowest BCUT2D eigenvalue weighted by Gasteiger charge is -2.35. The van der Waals surface area contributed by atoms with Gasteiger partial charge in [0.15, 0.2) is 0 Å². The molecule has 14 aromatic rings. The van der Waals surface area contributed by atoms with Crippen LogP contribution in [-0.2, 0) is 10.8 Å². The highest BCUT2D eigenvalue weighted by atomic mass is 19.1. The maximum absolute atomic E-state index is 15.1. The van der Waals surface area contributed by atoms with Gasteiger partial charge in [0.25, 0.3) is 0 Å². The molecule has 0 aromatic heterocycles. The Bertz CT molecular complexity index is 4960. The zero-order valence-electron chi connectivity index (χ0n) is 53.0. The number of fused-ring (bicyclic) bond motifs is 6. The van der Waals surface area contributed by atoms with Crippen molar-refractivity contribution in [2.24, 2.45) is 0 Å². The van der Waals surface area contributed by atoms with Crippen LogP contribution in [0.3, 0.4) is 0 Å². The zero-order valence-corrected chi connectivity index (χ0v) is 53.0. The van der Waals surface area contributed by atoms with E-state index in [-0.39, 0.29) is 23.3 Å². The Kier molecular flexibility index (Phi) is 15.4. The fourth-order valence-electron chi connectivity index (χ4n) is 14.6. The molecule has 16 rings (SSSR count). The molecule has 0 N–H and O–H groups in total. The molecule has 2 unspecified atom stereocenters. The van der Waals surface area contributed by atoms with Crippen molar-refractivity contribution in [2.45, 2.75) is 10.8 Å². The molecular formula is C90H60F4N2O2. The van der Waals surface area contributed by atoms with Gasteiger partial charge in [0.05, 0.1) is 10.8 Å². The highest BCUT2D eigenvalue weighted by molar-refractivity contribution is 5.92.